The largest absolute Gasteiger partial charge is 0.341 e. The van der Waals surface area contributed by atoms with E-state index in [4.69, 9.17) is 16.6 Å². The third kappa shape index (κ3) is 2.28. The smallest absolute Gasteiger partial charge is 0.137 e. The molecule has 2 aromatic rings. The first-order chi connectivity index (χ1) is 8.78. The van der Waals surface area contributed by atoms with Crippen LogP contribution in [0.5, 0.6) is 0 Å². The molecular formula is C14H16ClN3. The summed E-state index contributed by atoms with van der Waals surface area (Å²) in [6.07, 6.45) is 2.53. The highest BCUT2D eigenvalue weighted by atomic mass is 35.5. The predicted octanol–water partition coefficient (Wildman–Crippen LogP) is 3.33. The Morgan fingerprint density at radius 2 is 2.06 bits per heavy atom. The van der Waals surface area contributed by atoms with E-state index < -0.39 is 0 Å². The molecule has 1 fully saturated rings. The summed E-state index contributed by atoms with van der Waals surface area (Å²) in [6, 6.07) is 7.80. The number of aromatic amines is 1. The van der Waals surface area contributed by atoms with E-state index in [1.165, 1.54) is 24.2 Å². The highest BCUT2D eigenvalue weighted by Gasteiger charge is 2.29. The maximum atomic E-state index is 5.91. The Labute approximate surface area is 112 Å². The van der Waals surface area contributed by atoms with Crippen LogP contribution in [0.15, 0.2) is 24.3 Å². The van der Waals surface area contributed by atoms with Gasteiger partial charge in [-0.1, -0.05) is 11.6 Å². The molecule has 4 heteroatoms. The van der Waals surface area contributed by atoms with Crippen LogP contribution in [0.25, 0.3) is 11.4 Å². The van der Waals surface area contributed by atoms with Gasteiger partial charge in [0.05, 0.1) is 11.4 Å². The normalized spacial score (nSPS) is 15.0. The molecule has 2 N–H and O–H groups in total. The van der Waals surface area contributed by atoms with Gasteiger partial charge in [-0.05, 0) is 44.2 Å². The van der Waals surface area contributed by atoms with E-state index in [1.807, 2.05) is 31.3 Å². The van der Waals surface area contributed by atoms with Crippen molar-refractivity contribution in [3.8, 4) is 11.4 Å². The molecule has 1 aliphatic rings. The third-order valence-electron chi connectivity index (χ3n) is 3.25. The summed E-state index contributed by atoms with van der Waals surface area (Å²) in [6.45, 7) is 0.840. The van der Waals surface area contributed by atoms with E-state index in [-0.39, 0.29) is 0 Å². The lowest BCUT2D eigenvalue weighted by Crippen LogP contribution is -2.07. The van der Waals surface area contributed by atoms with E-state index in [0.29, 0.717) is 5.92 Å². The van der Waals surface area contributed by atoms with Crippen LogP contribution in [-0.2, 0) is 6.54 Å². The highest BCUT2D eigenvalue weighted by Crippen LogP contribution is 2.41. The van der Waals surface area contributed by atoms with Crippen LogP contribution in [0.3, 0.4) is 0 Å². The van der Waals surface area contributed by atoms with Crippen molar-refractivity contribution in [2.24, 2.45) is 0 Å². The molecule has 0 aliphatic heterocycles. The first-order valence-electron chi connectivity index (χ1n) is 6.27. The lowest BCUT2D eigenvalue weighted by molar-refractivity contribution is 0.782. The van der Waals surface area contributed by atoms with Crippen molar-refractivity contribution in [1.82, 2.24) is 15.3 Å². The molecule has 1 aliphatic carbocycles. The molecule has 1 aromatic heterocycles. The Kier molecular flexibility index (Phi) is 3.10. The van der Waals surface area contributed by atoms with Crippen LogP contribution < -0.4 is 5.32 Å². The minimum atomic E-state index is 0.658. The maximum Gasteiger partial charge on any atom is 0.137 e. The molecule has 0 unspecified atom stereocenters. The van der Waals surface area contributed by atoms with Crippen molar-refractivity contribution in [3.05, 3.63) is 40.7 Å². The number of aromatic nitrogens is 2. The number of rotatable bonds is 4. The molecule has 3 nitrogen and oxygen atoms in total. The Bertz CT molecular complexity index is 541. The van der Waals surface area contributed by atoms with Gasteiger partial charge < -0.3 is 10.3 Å². The van der Waals surface area contributed by atoms with Crippen molar-refractivity contribution >= 4 is 11.6 Å². The number of hydrogen-bond acceptors (Lipinski definition) is 2. The van der Waals surface area contributed by atoms with E-state index in [9.17, 15) is 0 Å². The molecule has 0 radical (unpaired) electrons. The van der Waals surface area contributed by atoms with Gasteiger partial charge in [-0.3, -0.25) is 0 Å². The number of nitrogens with zero attached hydrogens (tertiary/aromatic N) is 1. The first kappa shape index (κ1) is 11.8. The summed E-state index contributed by atoms with van der Waals surface area (Å²) < 4.78 is 0. The van der Waals surface area contributed by atoms with Crippen LogP contribution >= 0.6 is 11.6 Å². The topological polar surface area (TPSA) is 40.7 Å². The van der Waals surface area contributed by atoms with Crippen molar-refractivity contribution in [2.75, 3.05) is 7.05 Å². The number of H-pyrrole nitrogens is 1. The molecule has 3 rings (SSSR count). The first-order valence-corrected chi connectivity index (χ1v) is 6.65. The second-order valence-corrected chi connectivity index (χ2v) is 5.20. The van der Waals surface area contributed by atoms with Gasteiger partial charge in [0.25, 0.3) is 0 Å². The summed E-state index contributed by atoms with van der Waals surface area (Å²) >= 11 is 5.91. The van der Waals surface area contributed by atoms with Crippen LogP contribution in [0.1, 0.15) is 30.1 Å². The minimum Gasteiger partial charge on any atom is -0.341 e. The summed E-state index contributed by atoms with van der Waals surface area (Å²) in [5.41, 5.74) is 3.53. The number of halogens is 1. The van der Waals surface area contributed by atoms with Crippen molar-refractivity contribution < 1.29 is 0 Å². The Morgan fingerprint density at radius 3 is 2.67 bits per heavy atom. The molecule has 94 valence electrons. The number of hydrogen-bond donors (Lipinski definition) is 2. The van der Waals surface area contributed by atoms with E-state index in [0.717, 1.165) is 23.0 Å². The standard InChI is InChI=1S/C14H16ClN3/c1-16-8-12-13(9-2-3-9)18-14(17-12)10-4-6-11(15)7-5-10/h4-7,9,16H,2-3,8H2,1H3,(H,17,18). The molecular weight excluding hydrogens is 246 g/mol. The molecule has 18 heavy (non-hydrogen) atoms. The Balaban J connectivity index is 1.96. The Hall–Kier alpha value is -1.32. The molecule has 0 spiro atoms. The SMILES string of the molecule is CNCc1[nH]c(-c2ccc(Cl)cc2)nc1C1CC1. The summed E-state index contributed by atoms with van der Waals surface area (Å²) in [5.74, 6) is 1.60. The monoisotopic (exact) mass is 261 g/mol. The lowest BCUT2D eigenvalue weighted by atomic mass is 10.2. The zero-order chi connectivity index (χ0) is 12.5. The molecule has 1 aromatic carbocycles. The summed E-state index contributed by atoms with van der Waals surface area (Å²) in [4.78, 5) is 8.18. The number of imidazole rings is 1. The lowest BCUT2D eigenvalue weighted by Gasteiger charge is -1.98. The van der Waals surface area contributed by atoms with Crippen LogP contribution in [0, 0.1) is 0 Å². The average molecular weight is 262 g/mol. The van der Waals surface area contributed by atoms with E-state index >= 15 is 0 Å². The summed E-state index contributed by atoms with van der Waals surface area (Å²) in [5, 5.41) is 3.94. The molecule has 0 bridgehead atoms. The van der Waals surface area contributed by atoms with Gasteiger partial charge in [0.2, 0.25) is 0 Å². The maximum absolute atomic E-state index is 5.91. The fraction of sp³-hybridized carbons (Fsp3) is 0.357. The number of benzene rings is 1. The second kappa shape index (κ2) is 4.75. The van der Waals surface area contributed by atoms with Gasteiger partial charge >= 0.3 is 0 Å². The van der Waals surface area contributed by atoms with Gasteiger partial charge in [-0.25, -0.2) is 4.98 Å². The quantitative estimate of drug-likeness (QED) is 0.886. The van der Waals surface area contributed by atoms with Gasteiger partial charge in [-0.15, -0.1) is 0 Å². The van der Waals surface area contributed by atoms with Gasteiger partial charge in [0.15, 0.2) is 0 Å². The van der Waals surface area contributed by atoms with Crippen LogP contribution in [0.2, 0.25) is 5.02 Å². The fourth-order valence-corrected chi connectivity index (χ4v) is 2.30. The minimum absolute atomic E-state index is 0.658. The third-order valence-corrected chi connectivity index (χ3v) is 3.50. The Morgan fingerprint density at radius 1 is 1.33 bits per heavy atom. The zero-order valence-corrected chi connectivity index (χ0v) is 11.1. The zero-order valence-electron chi connectivity index (χ0n) is 10.3. The van der Waals surface area contributed by atoms with E-state index in [2.05, 4.69) is 10.3 Å². The highest BCUT2D eigenvalue weighted by molar-refractivity contribution is 6.30. The second-order valence-electron chi connectivity index (χ2n) is 4.76. The molecule has 0 amide bonds. The average Bonchev–Trinajstić information content (AvgIpc) is 3.13. The fourth-order valence-electron chi connectivity index (χ4n) is 2.17. The van der Waals surface area contributed by atoms with Crippen molar-refractivity contribution in [2.45, 2.75) is 25.3 Å². The predicted molar refractivity (Wildman–Crippen MR) is 73.8 cm³/mol. The molecule has 1 heterocycles. The van der Waals surface area contributed by atoms with Gasteiger partial charge in [0, 0.05) is 23.0 Å². The molecule has 1 saturated carbocycles. The number of nitrogens with one attached hydrogen (secondary N) is 2. The van der Waals surface area contributed by atoms with Gasteiger partial charge in [-0.2, -0.15) is 0 Å². The molecule has 0 saturated heterocycles. The van der Waals surface area contributed by atoms with E-state index in [1.54, 1.807) is 0 Å². The summed E-state index contributed by atoms with van der Waals surface area (Å²) in [7, 11) is 1.96. The van der Waals surface area contributed by atoms with Crippen LogP contribution in [-0.4, -0.2) is 17.0 Å². The van der Waals surface area contributed by atoms with Crippen molar-refractivity contribution in [1.29, 1.82) is 0 Å². The molecule has 0 atom stereocenters. The van der Waals surface area contributed by atoms with Crippen LogP contribution in [0.4, 0.5) is 0 Å². The van der Waals surface area contributed by atoms with Crippen molar-refractivity contribution in [3.63, 3.8) is 0 Å². The van der Waals surface area contributed by atoms with Gasteiger partial charge in [0.1, 0.15) is 5.82 Å².